The number of carboxylic acids is 1. The molecule has 0 saturated carbocycles. The van der Waals surface area contributed by atoms with Crippen LogP contribution in [-0.2, 0) is 10.0 Å². The number of aromatic carboxylic acids is 1. The number of H-pyrrole nitrogens is 1. The van der Waals surface area contributed by atoms with Gasteiger partial charge >= 0.3 is 5.97 Å². The Morgan fingerprint density at radius 3 is 2.75 bits per heavy atom. The quantitative estimate of drug-likeness (QED) is 0.874. The fourth-order valence-corrected chi connectivity index (χ4v) is 4.27. The van der Waals surface area contributed by atoms with Crippen LogP contribution in [0.5, 0.6) is 0 Å². The van der Waals surface area contributed by atoms with Crippen molar-refractivity contribution >= 4 is 16.0 Å². The van der Waals surface area contributed by atoms with Crippen molar-refractivity contribution < 1.29 is 18.3 Å². The summed E-state index contributed by atoms with van der Waals surface area (Å²) in [5.41, 5.74) is -0.167. The lowest BCUT2D eigenvalue weighted by Crippen LogP contribution is -2.33. The maximum absolute atomic E-state index is 12.7. The number of carbonyl (C=O) groups is 1. The van der Waals surface area contributed by atoms with E-state index in [0.717, 1.165) is 19.3 Å². The summed E-state index contributed by atoms with van der Waals surface area (Å²) in [7, 11) is -3.81. The van der Waals surface area contributed by atoms with Crippen LogP contribution in [-0.4, -0.2) is 47.1 Å². The molecule has 1 aromatic rings. The molecular formula is C12H19N3O4S. The minimum Gasteiger partial charge on any atom is -0.476 e. The molecule has 1 aliphatic heterocycles. The van der Waals surface area contributed by atoms with E-state index in [-0.39, 0.29) is 10.6 Å². The second-order valence-electron chi connectivity index (χ2n) is 5.27. The molecule has 2 heterocycles. The van der Waals surface area contributed by atoms with Gasteiger partial charge in [0, 0.05) is 13.1 Å². The fourth-order valence-electron chi connectivity index (χ4n) is 2.49. The summed E-state index contributed by atoms with van der Waals surface area (Å²) in [6.07, 6.45) is 2.57. The highest BCUT2D eigenvalue weighted by Crippen LogP contribution is 2.26. The van der Waals surface area contributed by atoms with Crippen molar-refractivity contribution in [3.05, 3.63) is 11.4 Å². The maximum Gasteiger partial charge on any atom is 0.357 e. The van der Waals surface area contributed by atoms with Crippen LogP contribution in [0, 0.1) is 12.8 Å². The normalized spacial score (nSPS) is 21.6. The molecule has 0 aromatic carbocycles. The first-order valence-electron chi connectivity index (χ1n) is 6.62. The Morgan fingerprint density at radius 2 is 2.10 bits per heavy atom. The van der Waals surface area contributed by atoms with Crippen LogP contribution >= 0.6 is 0 Å². The summed E-state index contributed by atoms with van der Waals surface area (Å²) in [6.45, 7) is 4.47. The van der Waals surface area contributed by atoms with Gasteiger partial charge in [0.05, 0.1) is 5.69 Å². The van der Waals surface area contributed by atoms with Gasteiger partial charge in [-0.05, 0) is 32.1 Å². The molecule has 0 spiro atoms. The van der Waals surface area contributed by atoms with Gasteiger partial charge < -0.3 is 5.11 Å². The zero-order valence-electron chi connectivity index (χ0n) is 11.6. The Balaban J connectivity index is 2.40. The van der Waals surface area contributed by atoms with E-state index < -0.39 is 21.7 Å². The van der Waals surface area contributed by atoms with Crippen LogP contribution in [0.3, 0.4) is 0 Å². The molecule has 1 saturated heterocycles. The number of hydrogen-bond donors (Lipinski definition) is 2. The first-order valence-corrected chi connectivity index (χ1v) is 8.06. The van der Waals surface area contributed by atoms with Crippen LogP contribution < -0.4 is 0 Å². The average molecular weight is 301 g/mol. The molecule has 8 heteroatoms. The highest BCUT2D eigenvalue weighted by molar-refractivity contribution is 7.89. The number of aromatic amines is 1. The lowest BCUT2D eigenvalue weighted by Gasteiger charge is -2.20. The van der Waals surface area contributed by atoms with Crippen molar-refractivity contribution in [2.75, 3.05) is 13.1 Å². The van der Waals surface area contributed by atoms with Crippen molar-refractivity contribution in [1.29, 1.82) is 0 Å². The number of nitrogens with one attached hydrogen (secondary N) is 1. The number of aryl methyl sites for hydroxylation is 1. The average Bonchev–Trinajstić information content (AvgIpc) is 2.62. The Bertz CT molecular complexity index is 608. The molecule has 1 fully saturated rings. The fraction of sp³-hybridized carbons (Fsp3) is 0.667. The van der Waals surface area contributed by atoms with Crippen LogP contribution in [0.15, 0.2) is 4.90 Å². The van der Waals surface area contributed by atoms with E-state index in [1.807, 2.05) is 0 Å². The zero-order valence-corrected chi connectivity index (χ0v) is 12.4. The van der Waals surface area contributed by atoms with Crippen LogP contribution in [0.25, 0.3) is 0 Å². The lowest BCUT2D eigenvalue weighted by molar-refractivity contribution is 0.0686. The minimum atomic E-state index is -3.81. The molecule has 112 valence electrons. The summed E-state index contributed by atoms with van der Waals surface area (Å²) in [5, 5.41) is 15.1. The van der Waals surface area contributed by atoms with Crippen LogP contribution in [0.1, 0.15) is 42.4 Å². The van der Waals surface area contributed by atoms with Gasteiger partial charge in [0.25, 0.3) is 0 Å². The molecular weight excluding hydrogens is 282 g/mol. The van der Waals surface area contributed by atoms with Gasteiger partial charge in [0.1, 0.15) is 4.90 Å². The highest BCUT2D eigenvalue weighted by atomic mass is 32.2. The molecule has 1 atom stereocenters. The van der Waals surface area contributed by atoms with Crippen LogP contribution in [0.2, 0.25) is 0 Å². The predicted octanol–water partition coefficient (Wildman–Crippen LogP) is 1.23. The molecule has 1 aliphatic rings. The van der Waals surface area contributed by atoms with E-state index in [1.54, 1.807) is 0 Å². The monoisotopic (exact) mass is 301 g/mol. The van der Waals surface area contributed by atoms with Crippen molar-refractivity contribution in [2.45, 2.75) is 38.0 Å². The van der Waals surface area contributed by atoms with Gasteiger partial charge in [0.2, 0.25) is 10.0 Å². The van der Waals surface area contributed by atoms with E-state index in [0.29, 0.717) is 19.0 Å². The summed E-state index contributed by atoms with van der Waals surface area (Å²) in [4.78, 5) is 10.9. The molecule has 2 N–H and O–H groups in total. The molecule has 2 rings (SSSR count). The summed E-state index contributed by atoms with van der Waals surface area (Å²) >= 11 is 0. The van der Waals surface area contributed by atoms with E-state index in [1.165, 1.54) is 11.2 Å². The molecule has 7 nitrogen and oxygen atoms in total. The number of hydrogen-bond acceptors (Lipinski definition) is 4. The van der Waals surface area contributed by atoms with Gasteiger partial charge in [-0.2, -0.15) is 9.40 Å². The Morgan fingerprint density at radius 1 is 1.40 bits per heavy atom. The third-order valence-electron chi connectivity index (χ3n) is 3.67. The zero-order chi connectivity index (χ0) is 14.9. The standard InChI is InChI=1S/C12H19N3O4S/c1-8-4-3-6-15(7-5-8)20(18,19)11-9(2)13-14-10(11)12(16)17/h8H,3-7H2,1-2H3,(H,13,14)(H,16,17). The van der Waals surface area contributed by atoms with E-state index in [4.69, 9.17) is 5.11 Å². The summed E-state index contributed by atoms with van der Waals surface area (Å²) in [6, 6.07) is 0. The molecule has 0 aliphatic carbocycles. The van der Waals surface area contributed by atoms with Gasteiger partial charge in [-0.3, -0.25) is 5.10 Å². The van der Waals surface area contributed by atoms with Crippen molar-refractivity contribution in [1.82, 2.24) is 14.5 Å². The second kappa shape index (κ2) is 5.53. The van der Waals surface area contributed by atoms with E-state index >= 15 is 0 Å². The van der Waals surface area contributed by atoms with Gasteiger partial charge in [-0.15, -0.1) is 0 Å². The molecule has 1 unspecified atom stereocenters. The van der Waals surface area contributed by atoms with E-state index in [2.05, 4.69) is 17.1 Å². The highest BCUT2D eigenvalue weighted by Gasteiger charge is 2.34. The largest absolute Gasteiger partial charge is 0.476 e. The first kappa shape index (κ1) is 15.0. The predicted molar refractivity (Wildman–Crippen MR) is 72.1 cm³/mol. The number of sulfonamides is 1. The topological polar surface area (TPSA) is 103 Å². The van der Waals surface area contributed by atoms with Crippen LogP contribution in [0.4, 0.5) is 0 Å². The third-order valence-corrected chi connectivity index (χ3v) is 5.73. The molecule has 0 bridgehead atoms. The number of rotatable bonds is 3. The number of aromatic nitrogens is 2. The Hall–Kier alpha value is -1.41. The van der Waals surface area contributed by atoms with Crippen molar-refractivity contribution in [2.24, 2.45) is 5.92 Å². The molecule has 0 amide bonds. The smallest absolute Gasteiger partial charge is 0.357 e. The molecule has 1 aromatic heterocycles. The van der Waals surface area contributed by atoms with Crippen molar-refractivity contribution in [3.8, 4) is 0 Å². The summed E-state index contributed by atoms with van der Waals surface area (Å²) < 4.78 is 26.7. The SMILES string of the molecule is Cc1[nH]nc(C(=O)O)c1S(=O)(=O)N1CCCC(C)CC1. The Labute approximate surface area is 118 Å². The first-order chi connectivity index (χ1) is 9.34. The van der Waals surface area contributed by atoms with Gasteiger partial charge in [0.15, 0.2) is 5.69 Å². The minimum absolute atomic E-state index is 0.209. The second-order valence-corrected chi connectivity index (χ2v) is 7.15. The summed E-state index contributed by atoms with van der Waals surface area (Å²) in [5.74, 6) is -0.851. The van der Waals surface area contributed by atoms with E-state index in [9.17, 15) is 13.2 Å². The maximum atomic E-state index is 12.7. The van der Waals surface area contributed by atoms with Gasteiger partial charge in [-0.1, -0.05) is 6.92 Å². The number of nitrogens with zero attached hydrogens (tertiary/aromatic N) is 2. The number of carboxylic acid groups (broad SMARTS) is 1. The molecule has 0 radical (unpaired) electrons. The molecule has 20 heavy (non-hydrogen) atoms. The third kappa shape index (κ3) is 2.71. The lowest BCUT2D eigenvalue weighted by atomic mass is 10.0. The van der Waals surface area contributed by atoms with Crippen molar-refractivity contribution in [3.63, 3.8) is 0 Å². The Kier molecular flexibility index (Phi) is 4.14. The van der Waals surface area contributed by atoms with Gasteiger partial charge in [-0.25, -0.2) is 13.2 Å².